The van der Waals surface area contributed by atoms with Crippen molar-refractivity contribution in [3.8, 4) is 0 Å². The van der Waals surface area contributed by atoms with Crippen LogP contribution in [-0.4, -0.2) is 0 Å². The molecule has 0 bridgehead atoms. The van der Waals surface area contributed by atoms with Gasteiger partial charge in [-0.1, -0.05) is 54.1 Å². The maximum Gasteiger partial charge on any atom is 0.0154 e. The van der Waals surface area contributed by atoms with Crippen LogP contribution in [0.5, 0.6) is 0 Å². The standard InChI is InChI=1S/C16H18S/c1-4-14-11-13(3)7-10-16(14)17-15-8-5-12(2)6-9-15/h5-11H,4H2,1-3H3. The molecule has 0 heterocycles. The third-order valence-corrected chi connectivity index (χ3v) is 3.97. The van der Waals surface area contributed by atoms with Crippen LogP contribution >= 0.6 is 11.8 Å². The Hall–Kier alpha value is -1.21. The lowest BCUT2D eigenvalue weighted by Gasteiger charge is -2.08. The van der Waals surface area contributed by atoms with Crippen molar-refractivity contribution in [1.82, 2.24) is 0 Å². The van der Waals surface area contributed by atoms with Crippen LogP contribution in [0.1, 0.15) is 23.6 Å². The lowest BCUT2D eigenvalue weighted by Crippen LogP contribution is -1.86. The maximum atomic E-state index is 2.29. The Morgan fingerprint density at radius 1 is 0.882 bits per heavy atom. The maximum absolute atomic E-state index is 2.29. The van der Waals surface area contributed by atoms with Gasteiger partial charge in [0.15, 0.2) is 0 Å². The molecule has 0 unspecified atom stereocenters. The summed E-state index contributed by atoms with van der Waals surface area (Å²) in [7, 11) is 0. The largest absolute Gasteiger partial charge is 0.0898 e. The van der Waals surface area contributed by atoms with Crippen LogP contribution in [0.4, 0.5) is 0 Å². The Balaban J connectivity index is 2.26. The van der Waals surface area contributed by atoms with Crippen LogP contribution < -0.4 is 0 Å². The minimum Gasteiger partial charge on any atom is -0.0898 e. The van der Waals surface area contributed by atoms with E-state index in [2.05, 4.69) is 63.2 Å². The zero-order valence-electron chi connectivity index (χ0n) is 10.7. The first-order valence-corrected chi connectivity index (χ1v) is 6.84. The average Bonchev–Trinajstić information content (AvgIpc) is 2.34. The summed E-state index contributed by atoms with van der Waals surface area (Å²) in [5.41, 5.74) is 4.10. The van der Waals surface area contributed by atoms with E-state index in [1.165, 1.54) is 26.5 Å². The van der Waals surface area contributed by atoms with Crippen molar-refractivity contribution in [3.05, 3.63) is 59.2 Å². The second-order valence-corrected chi connectivity index (χ2v) is 5.50. The highest BCUT2D eigenvalue weighted by atomic mass is 32.2. The predicted molar refractivity (Wildman–Crippen MR) is 75.9 cm³/mol. The zero-order chi connectivity index (χ0) is 12.3. The molecule has 0 atom stereocenters. The third kappa shape index (κ3) is 3.13. The molecule has 88 valence electrons. The van der Waals surface area contributed by atoms with Gasteiger partial charge >= 0.3 is 0 Å². The minimum absolute atomic E-state index is 1.09. The summed E-state index contributed by atoms with van der Waals surface area (Å²) in [6.07, 6.45) is 1.09. The van der Waals surface area contributed by atoms with E-state index in [4.69, 9.17) is 0 Å². The zero-order valence-corrected chi connectivity index (χ0v) is 11.5. The van der Waals surface area contributed by atoms with Gasteiger partial charge in [0.2, 0.25) is 0 Å². The first kappa shape index (κ1) is 12.3. The average molecular weight is 242 g/mol. The summed E-state index contributed by atoms with van der Waals surface area (Å²) in [6, 6.07) is 15.4. The Bertz CT molecular complexity index is 497. The Morgan fingerprint density at radius 2 is 1.53 bits per heavy atom. The van der Waals surface area contributed by atoms with Crippen LogP contribution in [-0.2, 0) is 6.42 Å². The smallest absolute Gasteiger partial charge is 0.0154 e. The van der Waals surface area contributed by atoms with E-state index in [0.717, 1.165) is 6.42 Å². The number of hydrogen-bond donors (Lipinski definition) is 0. The Morgan fingerprint density at radius 3 is 2.18 bits per heavy atom. The second-order valence-electron chi connectivity index (χ2n) is 4.38. The van der Waals surface area contributed by atoms with Crippen molar-refractivity contribution >= 4 is 11.8 Å². The third-order valence-electron chi connectivity index (χ3n) is 2.85. The molecule has 0 radical (unpaired) electrons. The predicted octanol–water partition coefficient (Wildman–Crippen LogP) is 5.02. The van der Waals surface area contributed by atoms with Crippen molar-refractivity contribution in [2.24, 2.45) is 0 Å². The number of benzene rings is 2. The summed E-state index contributed by atoms with van der Waals surface area (Å²) in [6.45, 7) is 6.49. The molecule has 0 aliphatic carbocycles. The van der Waals surface area contributed by atoms with Gasteiger partial charge in [0, 0.05) is 9.79 Å². The molecule has 0 nitrogen and oxygen atoms in total. The fourth-order valence-electron chi connectivity index (χ4n) is 1.82. The van der Waals surface area contributed by atoms with Crippen LogP contribution in [0.25, 0.3) is 0 Å². The van der Waals surface area contributed by atoms with E-state index in [1.807, 2.05) is 11.8 Å². The van der Waals surface area contributed by atoms with Crippen molar-refractivity contribution < 1.29 is 0 Å². The van der Waals surface area contributed by atoms with Gasteiger partial charge in [0.05, 0.1) is 0 Å². The fourth-order valence-corrected chi connectivity index (χ4v) is 2.81. The first-order valence-electron chi connectivity index (χ1n) is 6.03. The van der Waals surface area contributed by atoms with Crippen molar-refractivity contribution in [2.45, 2.75) is 37.0 Å². The van der Waals surface area contributed by atoms with Gasteiger partial charge in [-0.3, -0.25) is 0 Å². The van der Waals surface area contributed by atoms with Crippen LogP contribution in [0.2, 0.25) is 0 Å². The van der Waals surface area contributed by atoms with Gasteiger partial charge in [-0.25, -0.2) is 0 Å². The highest BCUT2D eigenvalue weighted by Gasteiger charge is 2.03. The lowest BCUT2D eigenvalue weighted by molar-refractivity contribution is 1.07. The SMILES string of the molecule is CCc1cc(C)ccc1Sc1ccc(C)cc1. The van der Waals surface area contributed by atoms with E-state index in [1.54, 1.807) is 0 Å². The summed E-state index contributed by atoms with van der Waals surface area (Å²) < 4.78 is 0. The Kier molecular flexibility index (Phi) is 3.90. The molecule has 1 heteroatoms. The minimum atomic E-state index is 1.09. The van der Waals surface area contributed by atoms with E-state index in [-0.39, 0.29) is 0 Å². The van der Waals surface area contributed by atoms with Crippen LogP contribution in [0.15, 0.2) is 52.3 Å². The molecule has 0 saturated carbocycles. The van der Waals surface area contributed by atoms with Gasteiger partial charge in [0.25, 0.3) is 0 Å². The fraction of sp³-hybridized carbons (Fsp3) is 0.250. The van der Waals surface area contributed by atoms with Crippen LogP contribution in [0.3, 0.4) is 0 Å². The quantitative estimate of drug-likeness (QED) is 0.728. The summed E-state index contributed by atoms with van der Waals surface area (Å²) >= 11 is 1.86. The summed E-state index contributed by atoms with van der Waals surface area (Å²) in [4.78, 5) is 2.69. The van der Waals surface area contributed by atoms with Gasteiger partial charge in [0.1, 0.15) is 0 Å². The molecule has 0 spiro atoms. The van der Waals surface area contributed by atoms with E-state index < -0.39 is 0 Å². The first-order chi connectivity index (χ1) is 8.19. The van der Waals surface area contributed by atoms with Crippen molar-refractivity contribution in [3.63, 3.8) is 0 Å². The molecule has 2 rings (SSSR count). The molecular formula is C16H18S. The van der Waals surface area contributed by atoms with Gasteiger partial charge in [-0.2, -0.15) is 0 Å². The molecule has 2 aromatic carbocycles. The molecule has 0 saturated heterocycles. The molecule has 0 aliphatic rings. The highest BCUT2D eigenvalue weighted by Crippen LogP contribution is 2.31. The normalized spacial score (nSPS) is 10.5. The second kappa shape index (κ2) is 5.42. The summed E-state index contributed by atoms with van der Waals surface area (Å²) in [5.74, 6) is 0. The molecule has 0 fully saturated rings. The van der Waals surface area contributed by atoms with E-state index in [9.17, 15) is 0 Å². The topological polar surface area (TPSA) is 0 Å². The summed E-state index contributed by atoms with van der Waals surface area (Å²) in [5, 5.41) is 0. The van der Waals surface area contributed by atoms with Gasteiger partial charge < -0.3 is 0 Å². The molecular weight excluding hydrogens is 224 g/mol. The number of aryl methyl sites for hydroxylation is 3. The van der Waals surface area contributed by atoms with Gasteiger partial charge in [-0.05, 0) is 44.0 Å². The van der Waals surface area contributed by atoms with E-state index in [0.29, 0.717) is 0 Å². The van der Waals surface area contributed by atoms with Crippen molar-refractivity contribution in [1.29, 1.82) is 0 Å². The Labute approximate surface area is 108 Å². The van der Waals surface area contributed by atoms with E-state index >= 15 is 0 Å². The number of rotatable bonds is 3. The molecule has 17 heavy (non-hydrogen) atoms. The van der Waals surface area contributed by atoms with Crippen LogP contribution in [0, 0.1) is 13.8 Å². The molecule has 0 aromatic heterocycles. The monoisotopic (exact) mass is 242 g/mol. The molecule has 0 N–H and O–H groups in total. The highest BCUT2D eigenvalue weighted by molar-refractivity contribution is 7.99. The molecule has 0 aliphatic heterocycles. The lowest BCUT2D eigenvalue weighted by atomic mass is 10.1. The molecule has 2 aromatic rings. The molecule has 0 amide bonds. The number of hydrogen-bond acceptors (Lipinski definition) is 1. The van der Waals surface area contributed by atoms with Gasteiger partial charge in [-0.15, -0.1) is 0 Å². The van der Waals surface area contributed by atoms with Crippen molar-refractivity contribution in [2.75, 3.05) is 0 Å².